The van der Waals surface area contributed by atoms with Crippen molar-refractivity contribution in [3.8, 4) is 0 Å². The first-order valence-corrected chi connectivity index (χ1v) is 9.39. The van der Waals surface area contributed by atoms with Gasteiger partial charge in [0, 0.05) is 24.2 Å². The standard InChI is InChI=1S/C22H27FN2O/c1-15-4-9-20-18(12-15)19-13-24(3)11-10-21(19)25(20)14-22(2,26)16-5-7-17(23)8-6-16/h4-9,12,19,21,26H,10-11,13-14H2,1-3H3. The van der Waals surface area contributed by atoms with Crippen molar-refractivity contribution in [2.75, 3.05) is 31.6 Å². The molecule has 2 heterocycles. The van der Waals surface area contributed by atoms with Crippen LogP contribution in [0.15, 0.2) is 42.5 Å². The Balaban J connectivity index is 1.68. The number of benzene rings is 2. The molecule has 3 atom stereocenters. The van der Waals surface area contributed by atoms with Gasteiger partial charge < -0.3 is 14.9 Å². The van der Waals surface area contributed by atoms with Gasteiger partial charge in [-0.3, -0.25) is 0 Å². The molecule has 4 rings (SSSR count). The van der Waals surface area contributed by atoms with Gasteiger partial charge in [0.15, 0.2) is 0 Å². The monoisotopic (exact) mass is 354 g/mol. The summed E-state index contributed by atoms with van der Waals surface area (Å²) in [6.07, 6.45) is 1.09. The number of rotatable bonds is 3. The second kappa shape index (κ2) is 6.36. The predicted octanol–water partition coefficient (Wildman–Crippen LogP) is 3.65. The Labute approximate surface area is 155 Å². The third kappa shape index (κ3) is 3.01. The molecule has 4 heteroatoms. The summed E-state index contributed by atoms with van der Waals surface area (Å²) in [5, 5.41) is 11.2. The summed E-state index contributed by atoms with van der Waals surface area (Å²) in [6, 6.07) is 13.3. The van der Waals surface area contributed by atoms with Crippen LogP contribution < -0.4 is 4.90 Å². The first kappa shape index (κ1) is 17.5. The number of nitrogens with zero attached hydrogens (tertiary/aromatic N) is 2. The van der Waals surface area contributed by atoms with Crippen molar-refractivity contribution in [3.05, 3.63) is 65.0 Å². The quantitative estimate of drug-likeness (QED) is 0.911. The number of aryl methyl sites for hydroxylation is 1. The molecular weight excluding hydrogens is 327 g/mol. The highest BCUT2D eigenvalue weighted by atomic mass is 19.1. The molecular formula is C22H27FN2O. The van der Waals surface area contributed by atoms with Gasteiger partial charge in [-0.2, -0.15) is 0 Å². The molecule has 0 radical (unpaired) electrons. The number of piperidine rings is 1. The van der Waals surface area contributed by atoms with E-state index in [2.05, 4.69) is 42.0 Å². The van der Waals surface area contributed by atoms with E-state index in [9.17, 15) is 9.50 Å². The molecule has 3 nitrogen and oxygen atoms in total. The molecule has 3 unspecified atom stereocenters. The van der Waals surface area contributed by atoms with Gasteiger partial charge in [0.05, 0.1) is 6.54 Å². The fraction of sp³-hybridized carbons (Fsp3) is 0.455. The smallest absolute Gasteiger partial charge is 0.123 e. The van der Waals surface area contributed by atoms with Crippen molar-refractivity contribution in [3.63, 3.8) is 0 Å². The highest BCUT2D eigenvalue weighted by Gasteiger charge is 2.43. The molecule has 0 aromatic heterocycles. The van der Waals surface area contributed by atoms with E-state index in [-0.39, 0.29) is 5.82 Å². The van der Waals surface area contributed by atoms with Crippen LogP contribution in [0.4, 0.5) is 10.1 Å². The molecule has 0 aliphatic carbocycles. The normalized spacial score (nSPS) is 24.9. The molecule has 2 aliphatic rings. The van der Waals surface area contributed by atoms with Crippen LogP contribution in [0.2, 0.25) is 0 Å². The first-order chi connectivity index (χ1) is 12.3. The van der Waals surface area contributed by atoms with Gasteiger partial charge in [0.25, 0.3) is 0 Å². The van der Waals surface area contributed by atoms with Crippen LogP contribution in [0.25, 0.3) is 0 Å². The van der Waals surface area contributed by atoms with Gasteiger partial charge in [-0.15, -0.1) is 0 Å². The molecule has 138 valence electrons. The van der Waals surface area contributed by atoms with Gasteiger partial charge in [-0.05, 0) is 63.2 Å². The maximum atomic E-state index is 13.3. The summed E-state index contributed by atoms with van der Waals surface area (Å²) in [5.74, 6) is 0.203. The largest absolute Gasteiger partial charge is 0.384 e. The molecule has 0 amide bonds. The zero-order chi connectivity index (χ0) is 18.5. The molecule has 0 bridgehead atoms. The Bertz CT molecular complexity index is 802. The van der Waals surface area contributed by atoms with E-state index in [1.54, 1.807) is 12.1 Å². The highest BCUT2D eigenvalue weighted by Crippen LogP contribution is 2.46. The molecule has 2 aromatic rings. The Hall–Kier alpha value is -1.91. The number of fused-ring (bicyclic) bond motifs is 3. The molecule has 26 heavy (non-hydrogen) atoms. The van der Waals surface area contributed by atoms with E-state index in [1.807, 2.05) is 6.92 Å². The highest BCUT2D eigenvalue weighted by molar-refractivity contribution is 5.63. The first-order valence-electron chi connectivity index (χ1n) is 9.39. The minimum atomic E-state index is -1.03. The number of anilines is 1. The van der Waals surface area contributed by atoms with Crippen molar-refractivity contribution in [1.82, 2.24) is 4.90 Å². The van der Waals surface area contributed by atoms with E-state index in [0.29, 0.717) is 18.5 Å². The van der Waals surface area contributed by atoms with E-state index in [1.165, 1.54) is 28.9 Å². The molecule has 1 fully saturated rings. The predicted molar refractivity (Wildman–Crippen MR) is 103 cm³/mol. The summed E-state index contributed by atoms with van der Waals surface area (Å²) < 4.78 is 13.3. The Kier molecular flexibility index (Phi) is 4.28. The van der Waals surface area contributed by atoms with Crippen molar-refractivity contribution in [2.24, 2.45) is 0 Å². The van der Waals surface area contributed by atoms with E-state index >= 15 is 0 Å². The summed E-state index contributed by atoms with van der Waals surface area (Å²) in [4.78, 5) is 4.78. The topological polar surface area (TPSA) is 26.7 Å². The van der Waals surface area contributed by atoms with Crippen molar-refractivity contribution in [1.29, 1.82) is 0 Å². The lowest BCUT2D eigenvalue weighted by Crippen LogP contribution is -2.49. The third-order valence-electron chi connectivity index (χ3n) is 6.02. The zero-order valence-corrected chi connectivity index (χ0v) is 15.7. The second-order valence-corrected chi connectivity index (χ2v) is 8.20. The lowest BCUT2D eigenvalue weighted by Gasteiger charge is -2.40. The van der Waals surface area contributed by atoms with Crippen LogP contribution in [0, 0.1) is 12.7 Å². The lowest BCUT2D eigenvalue weighted by atomic mass is 9.88. The minimum Gasteiger partial charge on any atom is -0.384 e. The Morgan fingerprint density at radius 1 is 1.19 bits per heavy atom. The fourth-order valence-corrected chi connectivity index (χ4v) is 4.63. The number of β-amino-alcohol motifs (C(OH)–C–C–N with tert-alkyl or cyclic N) is 1. The van der Waals surface area contributed by atoms with E-state index < -0.39 is 5.60 Å². The number of likely N-dealkylation sites (N-methyl/N-ethyl adjacent to an activating group) is 1. The van der Waals surface area contributed by atoms with Crippen LogP contribution in [0.5, 0.6) is 0 Å². The number of hydrogen-bond acceptors (Lipinski definition) is 3. The van der Waals surface area contributed by atoms with Gasteiger partial charge in [-0.25, -0.2) is 4.39 Å². The molecule has 2 aromatic carbocycles. The number of hydrogen-bond donors (Lipinski definition) is 1. The van der Waals surface area contributed by atoms with Crippen molar-refractivity contribution >= 4 is 5.69 Å². The second-order valence-electron chi connectivity index (χ2n) is 8.20. The maximum Gasteiger partial charge on any atom is 0.123 e. The molecule has 1 saturated heterocycles. The minimum absolute atomic E-state index is 0.276. The summed E-state index contributed by atoms with van der Waals surface area (Å²) >= 11 is 0. The maximum absolute atomic E-state index is 13.3. The fourth-order valence-electron chi connectivity index (χ4n) is 4.63. The number of halogens is 1. The van der Waals surface area contributed by atoms with Crippen LogP contribution in [-0.2, 0) is 5.60 Å². The van der Waals surface area contributed by atoms with Gasteiger partial charge in [0.2, 0.25) is 0 Å². The van der Waals surface area contributed by atoms with Gasteiger partial charge in [0.1, 0.15) is 11.4 Å². The van der Waals surface area contributed by atoms with E-state index in [0.717, 1.165) is 25.1 Å². The van der Waals surface area contributed by atoms with Crippen LogP contribution in [-0.4, -0.2) is 42.7 Å². The number of likely N-dealkylation sites (tertiary alicyclic amines) is 1. The average molecular weight is 354 g/mol. The van der Waals surface area contributed by atoms with Crippen molar-refractivity contribution < 1.29 is 9.50 Å². The van der Waals surface area contributed by atoms with Gasteiger partial charge >= 0.3 is 0 Å². The summed E-state index contributed by atoms with van der Waals surface area (Å²) in [5.41, 5.74) is 3.64. The Morgan fingerprint density at radius 2 is 1.92 bits per heavy atom. The Morgan fingerprint density at radius 3 is 2.65 bits per heavy atom. The molecule has 1 N–H and O–H groups in total. The lowest BCUT2D eigenvalue weighted by molar-refractivity contribution is 0.0606. The molecule has 2 aliphatic heterocycles. The van der Waals surface area contributed by atoms with Crippen molar-refractivity contribution in [2.45, 2.75) is 37.8 Å². The number of aliphatic hydroxyl groups is 1. The third-order valence-corrected chi connectivity index (χ3v) is 6.02. The van der Waals surface area contributed by atoms with Crippen LogP contribution >= 0.6 is 0 Å². The van der Waals surface area contributed by atoms with E-state index in [4.69, 9.17) is 0 Å². The van der Waals surface area contributed by atoms with Gasteiger partial charge in [-0.1, -0.05) is 29.8 Å². The van der Waals surface area contributed by atoms with Crippen LogP contribution in [0.1, 0.15) is 36.0 Å². The SMILES string of the molecule is Cc1ccc2c(c1)C1CN(C)CCC1N2CC(C)(O)c1ccc(F)cc1. The molecule has 0 saturated carbocycles. The van der Waals surface area contributed by atoms with Crippen LogP contribution in [0.3, 0.4) is 0 Å². The zero-order valence-electron chi connectivity index (χ0n) is 15.7. The summed E-state index contributed by atoms with van der Waals surface area (Å²) in [6.45, 7) is 6.61. The molecule has 0 spiro atoms. The summed E-state index contributed by atoms with van der Waals surface area (Å²) in [7, 11) is 2.18. The average Bonchev–Trinajstić information content (AvgIpc) is 2.87.